The number of carbonyl (C=O) groups is 4. The fourth-order valence-corrected chi connectivity index (χ4v) is 2.56. The molecule has 0 heterocycles. The zero-order chi connectivity index (χ0) is 24.4. The number of aliphatic hydroxyl groups excluding tert-OH is 1. The summed E-state index contributed by atoms with van der Waals surface area (Å²) in [6.07, 6.45) is 0. The van der Waals surface area contributed by atoms with Crippen LogP contribution in [0.3, 0.4) is 0 Å². The van der Waals surface area contributed by atoms with Gasteiger partial charge in [0.2, 0.25) is 0 Å². The van der Waals surface area contributed by atoms with Crippen LogP contribution in [-0.2, 0) is 19.1 Å². The number of nitrogens with one attached hydrogen (secondary N) is 2. The minimum atomic E-state index is -0.803. The molecule has 0 aliphatic rings. The number of aliphatic hydroxyl groups is 1. The summed E-state index contributed by atoms with van der Waals surface area (Å²) < 4.78 is 14.6. The molecule has 0 aliphatic carbocycles. The maximum Gasteiger partial charge on any atom is 0.340 e. The molecule has 0 saturated heterocycles. The van der Waals surface area contributed by atoms with Gasteiger partial charge in [-0.15, -0.1) is 0 Å². The molecule has 0 saturated carbocycles. The number of rotatable bonds is 10. The maximum atomic E-state index is 12.6. The third-order valence-corrected chi connectivity index (χ3v) is 4.15. The molecule has 0 spiro atoms. The predicted octanol–water partition coefficient (Wildman–Crippen LogP) is 1.63. The molecule has 1 amide bonds. The Morgan fingerprint density at radius 2 is 1.64 bits per heavy atom. The number of Topliss-reactive ketones (excluding diaryl/α,β-unsaturated/α-hetero) is 1. The van der Waals surface area contributed by atoms with E-state index < -0.39 is 29.3 Å². The van der Waals surface area contributed by atoms with Crippen molar-refractivity contribution >= 4 is 40.7 Å². The van der Waals surface area contributed by atoms with Crippen molar-refractivity contribution in [2.45, 2.75) is 6.92 Å². The van der Waals surface area contributed by atoms with E-state index in [1.165, 1.54) is 32.4 Å². The molecule has 2 aromatic carbocycles. The van der Waals surface area contributed by atoms with Gasteiger partial charge in [-0.3, -0.25) is 15.0 Å². The van der Waals surface area contributed by atoms with E-state index in [1.54, 1.807) is 24.3 Å². The van der Waals surface area contributed by atoms with Crippen LogP contribution in [0.25, 0.3) is 0 Å². The Balaban J connectivity index is 2.27. The Morgan fingerprint density at radius 1 is 0.970 bits per heavy atom. The lowest BCUT2D eigenvalue weighted by Gasteiger charge is -2.11. The topological polar surface area (TPSA) is 153 Å². The average Bonchev–Trinajstić information content (AvgIpc) is 2.82. The van der Waals surface area contributed by atoms with Gasteiger partial charge in [0.15, 0.2) is 11.5 Å². The second-order valence-corrected chi connectivity index (χ2v) is 6.42. The molecule has 0 atom stereocenters. The van der Waals surface area contributed by atoms with E-state index in [0.717, 1.165) is 6.92 Å². The summed E-state index contributed by atoms with van der Waals surface area (Å²) in [7, 11) is 2.38. The number of esters is 2. The van der Waals surface area contributed by atoms with Crippen molar-refractivity contribution in [2.24, 2.45) is 5.10 Å². The first-order valence-electron chi connectivity index (χ1n) is 9.61. The third-order valence-electron chi connectivity index (χ3n) is 4.15. The van der Waals surface area contributed by atoms with Gasteiger partial charge in [-0.05, 0) is 42.5 Å². The van der Waals surface area contributed by atoms with Gasteiger partial charge in [-0.1, -0.05) is 0 Å². The van der Waals surface area contributed by atoms with Crippen molar-refractivity contribution in [2.75, 3.05) is 38.2 Å². The second-order valence-electron chi connectivity index (χ2n) is 6.42. The predicted molar refractivity (Wildman–Crippen MR) is 119 cm³/mol. The second kappa shape index (κ2) is 12.0. The summed E-state index contributed by atoms with van der Waals surface area (Å²) in [6, 6.07) is 10.2. The Morgan fingerprint density at radius 3 is 2.21 bits per heavy atom. The average molecular weight is 457 g/mol. The van der Waals surface area contributed by atoms with Crippen LogP contribution in [0.5, 0.6) is 5.75 Å². The number of anilines is 2. The van der Waals surface area contributed by atoms with Gasteiger partial charge in [0.05, 0.1) is 37.6 Å². The fraction of sp³-hybridized carbons (Fsp3) is 0.227. The standard InChI is InChI=1S/C22H23N3O8/c1-13(27)19(20(28)23-15-5-7-16(8-6-15)33-11-10-26)25-24-18-12-14(21(29)31-2)4-9-17(18)22(30)32-3/h4-9,12,24,26H,10-11H2,1-3H3,(H,23,28)/b25-19-. The van der Waals surface area contributed by atoms with Gasteiger partial charge in [-0.25, -0.2) is 9.59 Å². The summed E-state index contributed by atoms with van der Waals surface area (Å²) in [5.41, 5.74) is 2.54. The molecule has 0 bridgehead atoms. The van der Waals surface area contributed by atoms with Gasteiger partial charge in [0.25, 0.3) is 5.91 Å². The van der Waals surface area contributed by atoms with E-state index in [1.807, 2.05) is 0 Å². The van der Waals surface area contributed by atoms with Crippen molar-refractivity contribution < 1.29 is 38.5 Å². The first-order chi connectivity index (χ1) is 15.8. The number of hydrogen-bond acceptors (Lipinski definition) is 10. The van der Waals surface area contributed by atoms with Crippen LogP contribution in [0, 0.1) is 0 Å². The van der Waals surface area contributed by atoms with Crippen LogP contribution in [0.1, 0.15) is 27.6 Å². The minimum Gasteiger partial charge on any atom is -0.491 e. The SMILES string of the molecule is COC(=O)c1ccc(C(=O)OC)c(N/N=C(/C(C)=O)C(=O)Nc2ccc(OCCO)cc2)c1. The molecule has 3 N–H and O–H groups in total. The minimum absolute atomic E-state index is 0.0238. The van der Waals surface area contributed by atoms with E-state index in [9.17, 15) is 19.2 Å². The summed E-state index contributed by atoms with van der Waals surface area (Å²) >= 11 is 0. The summed E-state index contributed by atoms with van der Waals surface area (Å²) in [4.78, 5) is 48.5. The Hall–Kier alpha value is -4.25. The molecule has 0 radical (unpaired) electrons. The highest BCUT2D eigenvalue weighted by atomic mass is 16.5. The lowest BCUT2D eigenvalue weighted by Crippen LogP contribution is -2.29. The Labute approximate surface area is 189 Å². The van der Waals surface area contributed by atoms with Gasteiger partial charge in [0, 0.05) is 12.6 Å². The Kier molecular flexibility index (Phi) is 9.06. The molecule has 0 fully saturated rings. The van der Waals surface area contributed by atoms with Crippen molar-refractivity contribution in [1.82, 2.24) is 0 Å². The van der Waals surface area contributed by atoms with Gasteiger partial charge >= 0.3 is 11.9 Å². The first kappa shape index (κ1) is 25.0. The Bertz CT molecular complexity index is 1060. The van der Waals surface area contributed by atoms with Crippen LogP contribution in [-0.4, -0.2) is 61.9 Å². The summed E-state index contributed by atoms with van der Waals surface area (Å²) in [5.74, 6) is -2.34. The van der Waals surface area contributed by atoms with E-state index >= 15 is 0 Å². The number of nitrogens with zero attached hydrogens (tertiary/aromatic N) is 1. The molecule has 2 aromatic rings. The van der Waals surface area contributed by atoms with Crippen LogP contribution in [0.2, 0.25) is 0 Å². The number of hydrazone groups is 1. The van der Waals surface area contributed by atoms with Crippen LogP contribution in [0.15, 0.2) is 47.6 Å². The molecular formula is C22H23N3O8. The fourth-order valence-electron chi connectivity index (χ4n) is 2.56. The van der Waals surface area contributed by atoms with Gasteiger partial charge < -0.3 is 24.6 Å². The van der Waals surface area contributed by atoms with Gasteiger partial charge in [0.1, 0.15) is 12.4 Å². The zero-order valence-electron chi connectivity index (χ0n) is 18.2. The maximum absolute atomic E-state index is 12.6. The van der Waals surface area contributed by atoms with E-state index in [0.29, 0.717) is 11.4 Å². The molecule has 0 aromatic heterocycles. The number of benzene rings is 2. The molecule has 174 valence electrons. The van der Waals surface area contributed by atoms with E-state index in [-0.39, 0.29) is 30.0 Å². The number of methoxy groups -OCH3 is 2. The summed E-state index contributed by atoms with van der Waals surface area (Å²) in [5, 5.41) is 15.2. The van der Waals surface area contributed by atoms with E-state index in [4.69, 9.17) is 14.6 Å². The molecule has 11 nitrogen and oxygen atoms in total. The largest absolute Gasteiger partial charge is 0.491 e. The first-order valence-corrected chi connectivity index (χ1v) is 9.61. The van der Waals surface area contributed by atoms with Crippen LogP contribution >= 0.6 is 0 Å². The molecule has 0 unspecified atom stereocenters. The molecular weight excluding hydrogens is 434 g/mol. The number of hydrogen-bond donors (Lipinski definition) is 3. The van der Waals surface area contributed by atoms with Crippen LogP contribution < -0.4 is 15.5 Å². The smallest absolute Gasteiger partial charge is 0.340 e. The molecule has 2 rings (SSSR count). The highest BCUT2D eigenvalue weighted by molar-refractivity contribution is 6.67. The van der Waals surface area contributed by atoms with Gasteiger partial charge in [-0.2, -0.15) is 5.10 Å². The highest BCUT2D eigenvalue weighted by Crippen LogP contribution is 2.20. The lowest BCUT2D eigenvalue weighted by molar-refractivity contribution is -0.114. The number of carbonyl (C=O) groups excluding carboxylic acids is 4. The number of ether oxygens (including phenoxy) is 3. The lowest BCUT2D eigenvalue weighted by atomic mass is 10.1. The van der Waals surface area contributed by atoms with E-state index in [2.05, 4.69) is 20.6 Å². The van der Waals surface area contributed by atoms with Crippen molar-refractivity contribution in [1.29, 1.82) is 0 Å². The van der Waals surface area contributed by atoms with Crippen molar-refractivity contribution in [3.63, 3.8) is 0 Å². The van der Waals surface area contributed by atoms with Crippen LogP contribution in [0.4, 0.5) is 11.4 Å². The van der Waals surface area contributed by atoms with Crippen molar-refractivity contribution in [3.05, 3.63) is 53.6 Å². The normalized spacial score (nSPS) is 10.7. The number of amides is 1. The molecule has 0 aliphatic heterocycles. The molecule has 33 heavy (non-hydrogen) atoms. The van der Waals surface area contributed by atoms with Crippen molar-refractivity contribution in [3.8, 4) is 5.75 Å². The highest BCUT2D eigenvalue weighted by Gasteiger charge is 2.19. The quantitative estimate of drug-likeness (QED) is 0.209. The summed E-state index contributed by atoms with van der Waals surface area (Å²) in [6.45, 7) is 1.14. The number of ketones is 1. The monoisotopic (exact) mass is 457 g/mol. The zero-order valence-corrected chi connectivity index (χ0v) is 18.2. The molecule has 11 heteroatoms. The third kappa shape index (κ3) is 6.87.